The Hall–Kier alpha value is -4.46. The Balaban J connectivity index is 1.89. The largest absolute Gasteiger partial charge is 0.341 e. The van der Waals surface area contributed by atoms with Crippen LogP contribution in [0.1, 0.15) is 111 Å². The van der Waals surface area contributed by atoms with E-state index in [4.69, 9.17) is 0 Å². The predicted molar refractivity (Wildman–Crippen MR) is 198 cm³/mol. The highest BCUT2D eigenvalue weighted by Gasteiger charge is 2.25. The smallest absolute Gasteiger partial charge is 0.318 e. The number of nitrogens with one attached hydrogen (secondary N) is 4. The summed E-state index contributed by atoms with van der Waals surface area (Å²) in [4.78, 5) is 51.8. The molecule has 8 nitrogen and oxygen atoms in total. The van der Waals surface area contributed by atoms with Crippen molar-refractivity contribution in [3.8, 4) is 0 Å². The second-order valence-corrected chi connectivity index (χ2v) is 13.2. The molecular weight excluding hydrogens is 600 g/mol. The quantitative estimate of drug-likeness (QED) is 0.164. The van der Waals surface area contributed by atoms with E-state index in [0.29, 0.717) is 36.8 Å². The molecular formula is C40H54N4O4. The zero-order chi connectivity index (χ0) is 36.4. The molecule has 258 valence electrons. The first-order valence-electron chi connectivity index (χ1n) is 16.7. The van der Waals surface area contributed by atoms with Crippen LogP contribution in [0, 0.1) is 83.1 Å². The maximum atomic E-state index is 13.9. The summed E-state index contributed by atoms with van der Waals surface area (Å²) in [6.45, 7) is 24.0. The van der Waals surface area contributed by atoms with Gasteiger partial charge in [-0.2, -0.15) is 0 Å². The molecule has 0 radical (unpaired) electrons. The van der Waals surface area contributed by atoms with E-state index in [1.807, 2.05) is 83.1 Å². The number of benzene rings is 3. The summed E-state index contributed by atoms with van der Waals surface area (Å²) in [5.41, 5.74) is 17.0. The molecule has 48 heavy (non-hydrogen) atoms. The second-order valence-electron chi connectivity index (χ2n) is 13.2. The van der Waals surface area contributed by atoms with Gasteiger partial charge in [0, 0.05) is 49.4 Å². The lowest BCUT2D eigenvalue weighted by molar-refractivity contribution is 0.0969. The van der Waals surface area contributed by atoms with Crippen molar-refractivity contribution in [2.45, 2.75) is 109 Å². The van der Waals surface area contributed by atoms with Crippen molar-refractivity contribution in [3.63, 3.8) is 0 Å². The second kappa shape index (κ2) is 15.2. The van der Waals surface area contributed by atoms with Crippen molar-refractivity contribution >= 4 is 35.0 Å². The molecule has 4 amide bonds. The summed E-state index contributed by atoms with van der Waals surface area (Å²) in [7, 11) is 3.18. The Bertz CT molecular complexity index is 1610. The van der Waals surface area contributed by atoms with Crippen LogP contribution in [0.3, 0.4) is 0 Å². The summed E-state index contributed by atoms with van der Waals surface area (Å²) in [6.07, 6.45) is 1.87. The first-order valence-corrected chi connectivity index (χ1v) is 16.7. The molecule has 4 N–H and O–H groups in total. The number of carbonyl (C=O) groups excluding carboxylic acids is 4. The number of ketones is 2. The maximum absolute atomic E-state index is 13.9. The lowest BCUT2D eigenvalue weighted by Gasteiger charge is -2.22. The third kappa shape index (κ3) is 7.18. The molecule has 0 saturated carbocycles. The van der Waals surface area contributed by atoms with Crippen LogP contribution >= 0.6 is 0 Å². The van der Waals surface area contributed by atoms with Gasteiger partial charge in [0.25, 0.3) is 0 Å². The third-order valence-electron chi connectivity index (χ3n) is 10.9. The Labute approximate surface area is 286 Å². The van der Waals surface area contributed by atoms with Gasteiger partial charge in [0.15, 0.2) is 11.6 Å². The van der Waals surface area contributed by atoms with E-state index in [2.05, 4.69) is 21.3 Å². The number of Topliss-reactive ketones (excluding diaryl/α,β-unsaturated/α-hetero) is 2. The Morgan fingerprint density at radius 2 is 0.646 bits per heavy atom. The molecule has 0 aliphatic carbocycles. The molecule has 0 unspecified atom stereocenters. The fourth-order valence-corrected chi connectivity index (χ4v) is 7.13. The van der Waals surface area contributed by atoms with Gasteiger partial charge in [-0.05, 0) is 174 Å². The summed E-state index contributed by atoms with van der Waals surface area (Å²) < 4.78 is 0. The zero-order valence-electron chi connectivity index (χ0n) is 31.5. The minimum atomic E-state index is -0.261. The highest BCUT2D eigenvalue weighted by Crippen LogP contribution is 2.35. The van der Waals surface area contributed by atoms with Crippen molar-refractivity contribution in [2.75, 3.05) is 24.7 Å². The highest BCUT2D eigenvalue weighted by molar-refractivity contribution is 6.05. The summed E-state index contributed by atoms with van der Waals surface area (Å²) in [5.74, 6) is 0.138. The number of amides is 4. The van der Waals surface area contributed by atoms with Crippen molar-refractivity contribution in [2.24, 2.45) is 0 Å². The topological polar surface area (TPSA) is 116 Å². The van der Waals surface area contributed by atoms with Gasteiger partial charge >= 0.3 is 12.1 Å². The molecule has 0 fully saturated rings. The number of hydrogen-bond donors (Lipinski definition) is 4. The van der Waals surface area contributed by atoms with E-state index >= 15 is 0 Å². The maximum Gasteiger partial charge on any atom is 0.318 e. The molecule has 0 bridgehead atoms. The van der Waals surface area contributed by atoms with Gasteiger partial charge in [-0.3, -0.25) is 9.59 Å². The normalized spacial score (nSPS) is 11.0. The van der Waals surface area contributed by atoms with Crippen LogP contribution in [-0.2, 0) is 12.8 Å². The minimum absolute atomic E-state index is 0.0690. The summed E-state index contributed by atoms with van der Waals surface area (Å²) in [6, 6.07) is -0.523. The molecule has 0 aromatic heterocycles. The number of carbonyl (C=O) groups is 4. The zero-order valence-corrected chi connectivity index (χ0v) is 31.5. The fourth-order valence-electron chi connectivity index (χ4n) is 7.13. The van der Waals surface area contributed by atoms with Gasteiger partial charge in [-0.15, -0.1) is 0 Å². The average Bonchev–Trinajstić information content (AvgIpc) is 3.05. The Morgan fingerprint density at radius 3 is 0.875 bits per heavy atom. The van der Waals surface area contributed by atoms with Crippen LogP contribution in [-0.4, -0.2) is 37.7 Å². The van der Waals surface area contributed by atoms with E-state index in [1.54, 1.807) is 14.1 Å². The van der Waals surface area contributed by atoms with Crippen LogP contribution < -0.4 is 21.3 Å². The molecule has 0 aliphatic heterocycles. The lowest BCUT2D eigenvalue weighted by Crippen LogP contribution is -2.26. The van der Waals surface area contributed by atoms with Crippen molar-refractivity contribution in [1.82, 2.24) is 10.6 Å². The molecule has 0 atom stereocenters. The summed E-state index contributed by atoms with van der Waals surface area (Å²) >= 11 is 0. The highest BCUT2D eigenvalue weighted by atomic mass is 16.2. The van der Waals surface area contributed by atoms with Gasteiger partial charge in [0.1, 0.15) is 0 Å². The standard InChI is InChI=1S/C40H54N4O4/c1-19-27(9)37(43-39(47)41-13)28(10)20(2)31(19)15-17-33(45)35-23(5)25(7)36(26(8)24(35)6)34(46)18-16-32-21(3)29(11)38(30(12)22(32)4)44-40(48)42-14/h15-18H2,1-14H3,(H2,41,43,47)(H2,42,44,48). The van der Waals surface area contributed by atoms with Crippen LogP contribution in [0.4, 0.5) is 21.0 Å². The van der Waals surface area contributed by atoms with E-state index in [-0.39, 0.29) is 23.6 Å². The van der Waals surface area contributed by atoms with Crippen LogP contribution in [0.25, 0.3) is 0 Å². The van der Waals surface area contributed by atoms with Crippen molar-refractivity contribution in [3.05, 3.63) is 89.0 Å². The van der Waals surface area contributed by atoms with E-state index in [9.17, 15) is 19.2 Å². The van der Waals surface area contributed by atoms with Crippen LogP contribution in [0.5, 0.6) is 0 Å². The molecule has 0 heterocycles. The van der Waals surface area contributed by atoms with Crippen molar-refractivity contribution < 1.29 is 19.2 Å². The monoisotopic (exact) mass is 654 g/mol. The van der Waals surface area contributed by atoms with Gasteiger partial charge in [-0.25, -0.2) is 9.59 Å². The van der Waals surface area contributed by atoms with Crippen LogP contribution in [0.15, 0.2) is 0 Å². The average molecular weight is 655 g/mol. The molecule has 3 aromatic carbocycles. The predicted octanol–water partition coefficient (Wildman–Crippen LogP) is 8.52. The van der Waals surface area contributed by atoms with Gasteiger partial charge < -0.3 is 21.3 Å². The number of rotatable bonds is 10. The Morgan fingerprint density at radius 1 is 0.396 bits per heavy atom. The van der Waals surface area contributed by atoms with Gasteiger partial charge in [0.2, 0.25) is 0 Å². The minimum Gasteiger partial charge on any atom is -0.341 e. The van der Waals surface area contributed by atoms with Crippen molar-refractivity contribution in [1.29, 1.82) is 0 Å². The molecule has 0 aliphatic rings. The molecule has 0 saturated heterocycles. The number of urea groups is 2. The fraction of sp³-hybridized carbons (Fsp3) is 0.450. The Kier molecular flexibility index (Phi) is 12.0. The third-order valence-corrected chi connectivity index (χ3v) is 10.9. The van der Waals surface area contributed by atoms with E-state index in [1.165, 1.54) is 0 Å². The number of anilines is 2. The van der Waals surface area contributed by atoms with Gasteiger partial charge in [-0.1, -0.05) is 0 Å². The summed E-state index contributed by atoms with van der Waals surface area (Å²) in [5, 5.41) is 11.1. The van der Waals surface area contributed by atoms with Crippen LogP contribution in [0.2, 0.25) is 0 Å². The lowest BCUT2D eigenvalue weighted by atomic mass is 9.82. The first-order chi connectivity index (χ1) is 22.4. The number of hydrogen-bond acceptors (Lipinski definition) is 4. The van der Waals surface area contributed by atoms with E-state index in [0.717, 1.165) is 89.3 Å². The molecule has 0 spiro atoms. The van der Waals surface area contributed by atoms with E-state index < -0.39 is 0 Å². The molecule has 8 heteroatoms. The molecule has 3 aromatic rings. The van der Waals surface area contributed by atoms with Gasteiger partial charge in [0.05, 0.1) is 0 Å². The first kappa shape index (κ1) is 38.0. The molecule has 3 rings (SSSR count). The SMILES string of the molecule is CNC(=O)Nc1c(C)c(C)c(CCC(=O)c2c(C)c(C)c(C(=O)CCc3c(C)c(C)c(NC(=O)NC)c(C)c3C)c(C)c2C)c(C)c1C.